The van der Waals surface area contributed by atoms with Crippen molar-refractivity contribution in [3.63, 3.8) is 0 Å². The molecule has 0 radical (unpaired) electrons. The summed E-state index contributed by atoms with van der Waals surface area (Å²) in [6.45, 7) is 7.18. The molecule has 1 aliphatic rings. The Morgan fingerprint density at radius 1 is 0.833 bits per heavy atom. The molecule has 0 atom stereocenters. The van der Waals surface area contributed by atoms with Gasteiger partial charge in [-0.15, -0.1) is 0 Å². The van der Waals surface area contributed by atoms with Crippen LogP contribution < -0.4 is 4.90 Å². The van der Waals surface area contributed by atoms with E-state index in [2.05, 4.69) is 93.6 Å². The van der Waals surface area contributed by atoms with E-state index in [0.29, 0.717) is 0 Å². The van der Waals surface area contributed by atoms with Crippen molar-refractivity contribution in [2.24, 2.45) is 0 Å². The van der Waals surface area contributed by atoms with Crippen LogP contribution in [0, 0.1) is 6.92 Å². The molecule has 6 rings (SSSR count). The number of nitrogens with one attached hydrogen (secondary N) is 1. The first kappa shape index (κ1) is 22.8. The lowest BCUT2D eigenvalue weighted by Gasteiger charge is -2.35. The monoisotopic (exact) mass is 492 g/mol. The predicted octanol–water partition coefficient (Wildman–Crippen LogP) is 7.18. The number of H-pyrrole nitrogens is 1. The molecule has 3 aromatic carbocycles. The molecular formula is C31H29ClN4. The zero-order valence-corrected chi connectivity index (χ0v) is 21.2. The highest BCUT2D eigenvalue weighted by Crippen LogP contribution is 2.38. The van der Waals surface area contributed by atoms with Gasteiger partial charge >= 0.3 is 0 Å². The maximum absolute atomic E-state index is 6.15. The molecule has 36 heavy (non-hydrogen) atoms. The van der Waals surface area contributed by atoms with Crippen molar-refractivity contribution in [2.75, 3.05) is 31.1 Å². The number of fused-ring (bicyclic) bond motifs is 1. The Morgan fingerprint density at radius 3 is 2.44 bits per heavy atom. The van der Waals surface area contributed by atoms with E-state index in [-0.39, 0.29) is 0 Å². The number of nitrogens with zero attached hydrogens (tertiary/aromatic N) is 3. The van der Waals surface area contributed by atoms with Crippen molar-refractivity contribution in [3.05, 3.63) is 107 Å². The summed E-state index contributed by atoms with van der Waals surface area (Å²) in [7, 11) is 0. The summed E-state index contributed by atoms with van der Waals surface area (Å²) in [5.41, 5.74) is 7.53. The molecule has 1 saturated heterocycles. The van der Waals surface area contributed by atoms with Crippen LogP contribution >= 0.6 is 11.6 Å². The molecule has 1 fully saturated rings. The maximum Gasteiger partial charge on any atom is 0.128 e. The van der Waals surface area contributed by atoms with Gasteiger partial charge in [-0.3, -0.25) is 4.90 Å². The van der Waals surface area contributed by atoms with Crippen molar-refractivity contribution in [1.82, 2.24) is 14.9 Å². The summed E-state index contributed by atoms with van der Waals surface area (Å²) in [5.74, 6) is 1.07. The molecule has 0 aliphatic carbocycles. The Hall–Kier alpha value is -3.60. The third-order valence-corrected chi connectivity index (χ3v) is 7.50. The molecular weight excluding hydrogens is 464 g/mol. The topological polar surface area (TPSA) is 35.2 Å². The Bertz CT molecular complexity index is 1480. The number of pyridine rings is 1. The smallest absolute Gasteiger partial charge is 0.128 e. The Balaban J connectivity index is 1.30. The summed E-state index contributed by atoms with van der Waals surface area (Å²) < 4.78 is 0. The van der Waals surface area contributed by atoms with Crippen LogP contribution in [0.2, 0.25) is 5.02 Å². The van der Waals surface area contributed by atoms with Gasteiger partial charge in [-0.1, -0.05) is 60.1 Å². The third-order valence-electron chi connectivity index (χ3n) is 7.25. The lowest BCUT2D eigenvalue weighted by atomic mass is 9.91. The number of benzene rings is 3. The fourth-order valence-electron chi connectivity index (χ4n) is 5.36. The highest BCUT2D eigenvalue weighted by molar-refractivity contribution is 6.30. The first-order valence-corrected chi connectivity index (χ1v) is 12.9. The van der Waals surface area contributed by atoms with Crippen molar-refractivity contribution < 1.29 is 0 Å². The van der Waals surface area contributed by atoms with Gasteiger partial charge in [0.25, 0.3) is 0 Å². The molecule has 1 N–H and O–H groups in total. The molecule has 5 heteroatoms. The molecule has 2 aromatic heterocycles. The van der Waals surface area contributed by atoms with Gasteiger partial charge in [0, 0.05) is 55.7 Å². The van der Waals surface area contributed by atoms with Crippen LogP contribution in [-0.2, 0) is 6.54 Å². The number of rotatable bonds is 5. The van der Waals surface area contributed by atoms with E-state index in [1.807, 2.05) is 24.4 Å². The molecule has 0 amide bonds. The summed E-state index contributed by atoms with van der Waals surface area (Å²) >= 11 is 6.15. The SMILES string of the molecule is Cc1ccc2c(-c3ccc(Cl)cc3)cccc2c1-c1[nH]ccc1CN1CCN(c2ccccn2)CC1. The van der Waals surface area contributed by atoms with Gasteiger partial charge in [-0.05, 0) is 70.3 Å². The van der Waals surface area contributed by atoms with E-state index < -0.39 is 0 Å². The van der Waals surface area contributed by atoms with Crippen LogP contribution in [0.1, 0.15) is 11.1 Å². The number of aromatic amines is 1. The van der Waals surface area contributed by atoms with Crippen LogP contribution in [0.25, 0.3) is 33.2 Å². The number of piperazine rings is 1. The quantitative estimate of drug-likeness (QED) is 0.282. The second-order valence-electron chi connectivity index (χ2n) is 9.49. The number of halogens is 1. The Morgan fingerprint density at radius 2 is 1.67 bits per heavy atom. The van der Waals surface area contributed by atoms with Crippen LogP contribution in [0.4, 0.5) is 5.82 Å². The number of anilines is 1. The van der Waals surface area contributed by atoms with E-state index in [0.717, 1.165) is 43.6 Å². The molecule has 0 spiro atoms. The number of aromatic nitrogens is 2. The Labute approximate surface area is 217 Å². The fourth-order valence-corrected chi connectivity index (χ4v) is 5.49. The number of hydrogen-bond donors (Lipinski definition) is 1. The lowest BCUT2D eigenvalue weighted by molar-refractivity contribution is 0.249. The lowest BCUT2D eigenvalue weighted by Crippen LogP contribution is -2.46. The first-order valence-electron chi connectivity index (χ1n) is 12.5. The number of hydrogen-bond acceptors (Lipinski definition) is 3. The van der Waals surface area contributed by atoms with Gasteiger partial charge in [-0.2, -0.15) is 0 Å². The molecule has 1 aliphatic heterocycles. The second kappa shape index (κ2) is 9.81. The van der Waals surface area contributed by atoms with E-state index in [1.165, 1.54) is 44.3 Å². The van der Waals surface area contributed by atoms with E-state index in [4.69, 9.17) is 11.6 Å². The summed E-state index contributed by atoms with van der Waals surface area (Å²) in [5, 5.41) is 3.28. The largest absolute Gasteiger partial charge is 0.361 e. The normalized spacial score (nSPS) is 14.4. The maximum atomic E-state index is 6.15. The molecule has 0 unspecified atom stereocenters. The minimum absolute atomic E-state index is 0.757. The summed E-state index contributed by atoms with van der Waals surface area (Å²) in [4.78, 5) is 13.0. The van der Waals surface area contributed by atoms with Gasteiger partial charge in [0.1, 0.15) is 5.82 Å². The van der Waals surface area contributed by atoms with Crippen molar-refractivity contribution >= 4 is 28.2 Å². The van der Waals surface area contributed by atoms with Gasteiger partial charge in [0.15, 0.2) is 0 Å². The zero-order valence-electron chi connectivity index (χ0n) is 20.4. The Kier molecular flexibility index (Phi) is 6.22. The highest BCUT2D eigenvalue weighted by atomic mass is 35.5. The number of aryl methyl sites for hydroxylation is 1. The van der Waals surface area contributed by atoms with Crippen molar-refractivity contribution in [1.29, 1.82) is 0 Å². The van der Waals surface area contributed by atoms with Crippen LogP contribution in [0.15, 0.2) is 91.3 Å². The van der Waals surface area contributed by atoms with Gasteiger partial charge in [0.05, 0.1) is 5.69 Å². The van der Waals surface area contributed by atoms with E-state index >= 15 is 0 Å². The first-order chi connectivity index (χ1) is 17.7. The van der Waals surface area contributed by atoms with Gasteiger partial charge < -0.3 is 9.88 Å². The average molecular weight is 493 g/mol. The average Bonchev–Trinajstić information content (AvgIpc) is 3.37. The minimum atomic E-state index is 0.757. The van der Waals surface area contributed by atoms with Crippen LogP contribution in [-0.4, -0.2) is 41.0 Å². The molecule has 3 heterocycles. The van der Waals surface area contributed by atoms with Gasteiger partial charge in [-0.25, -0.2) is 4.98 Å². The predicted molar refractivity (Wildman–Crippen MR) is 151 cm³/mol. The van der Waals surface area contributed by atoms with Crippen LogP contribution in [0.5, 0.6) is 0 Å². The van der Waals surface area contributed by atoms with Crippen molar-refractivity contribution in [3.8, 4) is 22.4 Å². The standard InChI is InChI=1S/C31H29ClN4/c1-22-8-13-27-26(23-9-11-25(32)12-10-23)5-4-6-28(27)30(22)31-24(14-16-34-31)21-35-17-19-36(20-18-35)29-7-2-3-15-33-29/h2-16,34H,17-21H2,1H3. The summed E-state index contributed by atoms with van der Waals surface area (Å²) in [6, 6.07) is 27.6. The molecule has 4 nitrogen and oxygen atoms in total. The van der Waals surface area contributed by atoms with Crippen molar-refractivity contribution in [2.45, 2.75) is 13.5 Å². The fraction of sp³-hybridized carbons (Fsp3) is 0.194. The second-order valence-corrected chi connectivity index (χ2v) is 9.93. The van der Waals surface area contributed by atoms with E-state index in [9.17, 15) is 0 Å². The summed E-state index contributed by atoms with van der Waals surface area (Å²) in [6.07, 6.45) is 3.95. The minimum Gasteiger partial charge on any atom is -0.361 e. The zero-order chi connectivity index (χ0) is 24.5. The molecule has 0 bridgehead atoms. The highest BCUT2D eigenvalue weighted by Gasteiger charge is 2.21. The van der Waals surface area contributed by atoms with Gasteiger partial charge in [0.2, 0.25) is 0 Å². The molecule has 5 aromatic rings. The third kappa shape index (κ3) is 4.39. The molecule has 0 saturated carbocycles. The van der Waals surface area contributed by atoms with E-state index in [1.54, 1.807) is 0 Å². The van der Waals surface area contributed by atoms with Crippen LogP contribution in [0.3, 0.4) is 0 Å². The molecule has 180 valence electrons.